The Kier molecular flexibility index (Phi) is 2.70. The molecule has 1 aromatic carbocycles. The monoisotopic (exact) mass is 257 g/mol. The number of aliphatic carboxylic acids is 1. The fourth-order valence-electron chi connectivity index (χ4n) is 1.64. The van der Waals surface area contributed by atoms with Crippen molar-refractivity contribution < 1.29 is 23.1 Å². The lowest BCUT2D eigenvalue weighted by Crippen LogP contribution is -2.46. The van der Waals surface area contributed by atoms with Crippen LogP contribution in [-0.4, -0.2) is 38.4 Å². The highest BCUT2D eigenvalue weighted by molar-refractivity contribution is 7.92. The second-order valence-corrected chi connectivity index (χ2v) is 5.61. The van der Waals surface area contributed by atoms with Gasteiger partial charge in [0, 0.05) is 0 Å². The van der Waals surface area contributed by atoms with Gasteiger partial charge in [0.15, 0.2) is 0 Å². The maximum atomic E-state index is 11.6. The molecule has 1 aliphatic rings. The van der Waals surface area contributed by atoms with Crippen LogP contribution >= 0.6 is 0 Å². The van der Waals surface area contributed by atoms with Crippen LogP contribution in [-0.2, 0) is 14.8 Å². The van der Waals surface area contributed by atoms with Crippen LogP contribution in [0.15, 0.2) is 24.3 Å². The summed E-state index contributed by atoms with van der Waals surface area (Å²) in [6.07, 6.45) is -0.145. The lowest BCUT2D eigenvalue weighted by Gasteiger charge is -2.32. The molecule has 17 heavy (non-hydrogen) atoms. The van der Waals surface area contributed by atoms with Crippen LogP contribution in [0.2, 0.25) is 0 Å². The Hall–Kier alpha value is -1.76. The third-order valence-electron chi connectivity index (χ3n) is 2.41. The number of nitrogens with zero attached hydrogens (tertiary/aromatic N) is 1. The number of carbonyl (C=O) groups is 1. The van der Waals surface area contributed by atoms with Gasteiger partial charge in [-0.05, 0) is 12.1 Å². The van der Waals surface area contributed by atoms with E-state index >= 15 is 0 Å². The van der Waals surface area contributed by atoms with Gasteiger partial charge in [-0.25, -0.2) is 13.2 Å². The van der Waals surface area contributed by atoms with Crippen LogP contribution in [0.5, 0.6) is 5.75 Å². The first-order chi connectivity index (χ1) is 7.89. The van der Waals surface area contributed by atoms with Crippen LogP contribution in [0.4, 0.5) is 5.69 Å². The molecular weight excluding hydrogens is 246 g/mol. The second-order valence-electron chi connectivity index (χ2n) is 3.71. The van der Waals surface area contributed by atoms with Crippen LogP contribution in [0.25, 0.3) is 0 Å². The summed E-state index contributed by atoms with van der Waals surface area (Å²) in [7, 11) is -3.52. The molecule has 0 aromatic heterocycles. The highest BCUT2D eigenvalue weighted by Crippen LogP contribution is 2.34. The predicted molar refractivity (Wildman–Crippen MR) is 60.7 cm³/mol. The van der Waals surface area contributed by atoms with Gasteiger partial charge in [0.05, 0.1) is 18.5 Å². The molecule has 0 fully saturated rings. The van der Waals surface area contributed by atoms with Gasteiger partial charge in [0.1, 0.15) is 5.75 Å². The minimum absolute atomic E-state index is 0.217. The molecule has 1 aliphatic heterocycles. The Balaban J connectivity index is 2.50. The van der Waals surface area contributed by atoms with E-state index < -0.39 is 22.1 Å². The Labute approximate surface area is 98.5 Å². The summed E-state index contributed by atoms with van der Waals surface area (Å²) in [6.45, 7) is -0.217. The Morgan fingerprint density at radius 1 is 1.47 bits per heavy atom. The van der Waals surface area contributed by atoms with Gasteiger partial charge in [-0.2, -0.15) is 0 Å². The summed E-state index contributed by atoms with van der Waals surface area (Å²) in [5.41, 5.74) is 0.368. The van der Waals surface area contributed by atoms with Crippen molar-refractivity contribution >= 4 is 21.7 Å². The summed E-state index contributed by atoms with van der Waals surface area (Å²) in [6, 6.07) is 6.45. The first kappa shape index (κ1) is 11.7. The van der Waals surface area contributed by atoms with Gasteiger partial charge in [-0.3, -0.25) is 4.31 Å². The van der Waals surface area contributed by atoms with Crippen LogP contribution in [0.1, 0.15) is 0 Å². The fourth-order valence-corrected chi connectivity index (χ4v) is 2.56. The molecule has 0 saturated carbocycles. The van der Waals surface area contributed by atoms with E-state index in [1.54, 1.807) is 24.3 Å². The van der Waals surface area contributed by atoms with Crippen molar-refractivity contribution in [1.82, 2.24) is 0 Å². The number of carboxylic acid groups (broad SMARTS) is 1. The highest BCUT2D eigenvalue weighted by Gasteiger charge is 2.34. The third kappa shape index (κ3) is 2.19. The van der Waals surface area contributed by atoms with Crippen molar-refractivity contribution in [2.24, 2.45) is 0 Å². The van der Waals surface area contributed by atoms with E-state index in [4.69, 9.17) is 9.84 Å². The van der Waals surface area contributed by atoms with Gasteiger partial charge < -0.3 is 9.84 Å². The highest BCUT2D eigenvalue weighted by atomic mass is 32.2. The minimum Gasteiger partial charge on any atom is -0.478 e. The minimum atomic E-state index is -3.52. The number of para-hydroxylation sites is 2. The molecule has 7 heteroatoms. The lowest BCUT2D eigenvalue weighted by molar-refractivity contribution is -0.144. The van der Waals surface area contributed by atoms with Crippen molar-refractivity contribution in [1.29, 1.82) is 0 Å². The summed E-state index contributed by atoms with van der Waals surface area (Å²) >= 11 is 0. The predicted octanol–water partition coefficient (Wildman–Crippen LogP) is 0.298. The van der Waals surface area contributed by atoms with E-state index in [1.165, 1.54) is 0 Å². The van der Waals surface area contributed by atoms with Gasteiger partial charge >= 0.3 is 5.97 Å². The van der Waals surface area contributed by atoms with Gasteiger partial charge in [0.2, 0.25) is 16.1 Å². The van der Waals surface area contributed by atoms with Crippen LogP contribution < -0.4 is 9.04 Å². The van der Waals surface area contributed by atoms with E-state index in [0.29, 0.717) is 5.69 Å². The van der Waals surface area contributed by atoms with E-state index in [0.717, 1.165) is 10.6 Å². The molecule has 92 valence electrons. The molecule has 0 unspecified atom stereocenters. The number of hydrogen-bond acceptors (Lipinski definition) is 4. The number of fused-ring (bicyclic) bond motifs is 1. The smallest absolute Gasteiger partial charge is 0.346 e. The molecule has 1 atom stereocenters. The average Bonchev–Trinajstić information content (AvgIpc) is 2.26. The molecule has 0 aliphatic carbocycles. The van der Waals surface area contributed by atoms with E-state index in [-0.39, 0.29) is 12.3 Å². The SMILES string of the molecule is CS(=O)(=O)N1C[C@@H](C(=O)O)Oc2ccccc21. The zero-order chi connectivity index (χ0) is 12.6. The molecule has 1 aromatic rings. The van der Waals surface area contributed by atoms with Crippen molar-refractivity contribution in [3.05, 3.63) is 24.3 Å². The lowest BCUT2D eigenvalue weighted by atomic mass is 10.2. The Morgan fingerprint density at radius 3 is 2.71 bits per heavy atom. The fraction of sp³-hybridized carbons (Fsp3) is 0.300. The summed E-state index contributed by atoms with van der Waals surface area (Å²) in [5.74, 6) is -0.926. The van der Waals surface area contributed by atoms with Crippen molar-refractivity contribution in [3.63, 3.8) is 0 Å². The normalized spacial score (nSPS) is 19.4. The zero-order valence-electron chi connectivity index (χ0n) is 9.03. The summed E-state index contributed by atoms with van der Waals surface area (Å²) in [5, 5.41) is 8.90. The molecule has 0 saturated heterocycles. The molecule has 1 heterocycles. The maximum absolute atomic E-state index is 11.6. The molecule has 2 rings (SSSR count). The first-order valence-corrected chi connectivity index (χ1v) is 6.70. The number of sulfonamides is 1. The zero-order valence-corrected chi connectivity index (χ0v) is 9.85. The van der Waals surface area contributed by atoms with Crippen molar-refractivity contribution in [3.8, 4) is 5.75 Å². The number of anilines is 1. The number of hydrogen-bond donors (Lipinski definition) is 1. The van der Waals surface area contributed by atoms with Gasteiger partial charge in [-0.15, -0.1) is 0 Å². The van der Waals surface area contributed by atoms with Crippen LogP contribution in [0, 0.1) is 0 Å². The van der Waals surface area contributed by atoms with Gasteiger partial charge in [-0.1, -0.05) is 12.1 Å². The first-order valence-electron chi connectivity index (χ1n) is 4.86. The molecule has 0 radical (unpaired) electrons. The van der Waals surface area contributed by atoms with E-state index in [1.807, 2.05) is 0 Å². The molecule has 0 spiro atoms. The molecule has 0 amide bonds. The topological polar surface area (TPSA) is 83.9 Å². The molecule has 1 N–H and O–H groups in total. The second kappa shape index (κ2) is 3.92. The third-order valence-corrected chi connectivity index (χ3v) is 3.56. The number of benzene rings is 1. The molecular formula is C10H11NO5S. The summed E-state index contributed by atoms with van der Waals surface area (Å²) in [4.78, 5) is 10.9. The van der Waals surface area contributed by atoms with Gasteiger partial charge in [0.25, 0.3) is 0 Å². The van der Waals surface area contributed by atoms with E-state index in [9.17, 15) is 13.2 Å². The Bertz CT molecular complexity index is 554. The van der Waals surface area contributed by atoms with Crippen molar-refractivity contribution in [2.75, 3.05) is 17.1 Å². The number of carboxylic acids is 1. The maximum Gasteiger partial charge on any atom is 0.346 e. The molecule has 6 nitrogen and oxygen atoms in total. The van der Waals surface area contributed by atoms with Crippen molar-refractivity contribution in [2.45, 2.75) is 6.10 Å². The number of rotatable bonds is 2. The van der Waals surface area contributed by atoms with Crippen LogP contribution in [0.3, 0.4) is 0 Å². The summed E-state index contributed by atoms with van der Waals surface area (Å²) < 4.78 is 29.4. The standard InChI is InChI=1S/C10H11NO5S/c1-17(14,15)11-6-9(10(12)13)16-8-5-3-2-4-7(8)11/h2-5,9H,6H2,1H3,(H,12,13)/t9-/m0/s1. The quantitative estimate of drug-likeness (QED) is 0.823. The average molecular weight is 257 g/mol. The number of ether oxygens (including phenoxy) is 1. The largest absolute Gasteiger partial charge is 0.478 e. The Morgan fingerprint density at radius 2 is 2.12 bits per heavy atom. The molecule has 0 bridgehead atoms. The van der Waals surface area contributed by atoms with E-state index in [2.05, 4.69) is 0 Å².